The molecule has 0 atom stereocenters. The number of nitrogens with zero attached hydrogens (tertiary/aromatic N) is 1. The Morgan fingerprint density at radius 3 is 2.44 bits per heavy atom. The first-order chi connectivity index (χ1) is 11.9. The predicted octanol–water partition coefficient (Wildman–Crippen LogP) is 5.60. The zero-order chi connectivity index (χ0) is 18.0. The molecule has 3 rings (SSSR count). The van der Waals surface area contributed by atoms with Crippen molar-refractivity contribution >= 4 is 28.3 Å². The third kappa shape index (κ3) is 3.88. The molecule has 3 aromatic rings. The Morgan fingerprint density at radius 2 is 1.76 bits per heavy atom. The molecule has 0 radical (unpaired) electrons. The van der Waals surface area contributed by atoms with E-state index in [1.807, 2.05) is 75.5 Å². The molecular weight excluding hydrogens is 334 g/mol. The van der Waals surface area contributed by atoms with Gasteiger partial charge in [-0.25, -0.2) is 0 Å². The Kier molecular flexibility index (Phi) is 4.87. The molecule has 3 nitrogen and oxygen atoms in total. The molecule has 1 aromatic heterocycles. The van der Waals surface area contributed by atoms with Crippen molar-refractivity contribution in [1.82, 2.24) is 4.57 Å². The van der Waals surface area contributed by atoms with Gasteiger partial charge in [0.25, 0.3) is 0 Å². The summed E-state index contributed by atoms with van der Waals surface area (Å²) in [6.45, 7) is 7.03. The normalized spacial score (nSPS) is 11.7. The van der Waals surface area contributed by atoms with Crippen LogP contribution in [0.4, 0.5) is 0 Å². The molecule has 0 aliphatic carbocycles. The lowest BCUT2D eigenvalue weighted by Crippen LogP contribution is -2.20. The maximum absolute atomic E-state index is 12.8. The van der Waals surface area contributed by atoms with Crippen LogP contribution >= 0.6 is 11.6 Å². The van der Waals surface area contributed by atoms with Gasteiger partial charge in [0.2, 0.25) is 0 Å². The first-order valence-electron chi connectivity index (χ1n) is 8.37. The lowest BCUT2D eigenvalue weighted by Gasteiger charge is -2.15. The minimum absolute atomic E-state index is 0.154. The van der Waals surface area contributed by atoms with E-state index in [2.05, 4.69) is 4.57 Å². The van der Waals surface area contributed by atoms with E-state index in [0.29, 0.717) is 18.2 Å². The average Bonchev–Trinajstić information content (AvgIpc) is 2.94. The average molecular weight is 356 g/mol. The first-order valence-corrected chi connectivity index (χ1v) is 8.75. The zero-order valence-electron chi connectivity index (χ0n) is 14.8. The second-order valence-corrected chi connectivity index (χ2v) is 7.57. The van der Waals surface area contributed by atoms with E-state index < -0.39 is 5.41 Å². The van der Waals surface area contributed by atoms with E-state index in [4.69, 9.17) is 16.3 Å². The fourth-order valence-electron chi connectivity index (χ4n) is 2.81. The van der Waals surface area contributed by atoms with Gasteiger partial charge >= 0.3 is 0 Å². The van der Waals surface area contributed by atoms with E-state index in [1.54, 1.807) is 0 Å². The van der Waals surface area contributed by atoms with Crippen molar-refractivity contribution in [2.24, 2.45) is 5.41 Å². The number of benzene rings is 2. The van der Waals surface area contributed by atoms with Crippen LogP contribution in [0, 0.1) is 5.41 Å². The van der Waals surface area contributed by atoms with Gasteiger partial charge < -0.3 is 9.30 Å². The van der Waals surface area contributed by atoms with Gasteiger partial charge in [0, 0.05) is 33.1 Å². The number of ketones is 1. The third-order valence-electron chi connectivity index (χ3n) is 4.13. The summed E-state index contributed by atoms with van der Waals surface area (Å²) >= 11 is 5.88. The minimum atomic E-state index is -0.408. The molecule has 0 spiro atoms. The van der Waals surface area contributed by atoms with Crippen molar-refractivity contribution < 1.29 is 9.53 Å². The van der Waals surface area contributed by atoms with Crippen LogP contribution < -0.4 is 4.74 Å². The van der Waals surface area contributed by atoms with Crippen LogP contribution in [0.3, 0.4) is 0 Å². The number of fused-ring (bicyclic) bond motifs is 1. The molecule has 2 aromatic carbocycles. The number of para-hydroxylation sites is 1. The number of hydrogen-bond acceptors (Lipinski definition) is 2. The molecule has 0 aliphatic heterocycles. The van der Waals surface area contributed by atoms with Crippen LogP contribution in [0.5, 0.6) is 5.75 Å². The number of carbonyl (C=O) groups excluding carboxylic acids is 1. The van der Waals surface area contributed by atoms with Gasteiger partial charge in [-0.2, -0.15) is 0 Å². The molecule has 0 unspecified atom stereocenters. The van der Waals surface area contributed by atoms with Crippen LogP contribution in [0.1, 0.15) is 31.1 Å². The van der Waals surface area contributed by atoms with Crippen LogP contribution in [0.25, 0.3) is 10.9 Å². The number of carbonyl (C=O) groups is 1. The number of aromatic nitrogens is 1. The van der Waals surface area contributed by atoms with Gasteiger partial charge in [0.15, 0.2) is 5.78 Å². The van der Waals surface area contributed by atoms with Gasteiger partial charge in [-0.15, -0.1) is 0 Å². The van der Waals surface area contributed by atoms with Crippen LogP contribution in [-0.2, 0) is 6.54 Å². The smallest absolute Gasteiger partial charge is 0.170 e. The Balaban J connectivity index is 1.82. The van der Waals surface area contributed by atoms with E-state index in [0.717, 1.165) is 22.2 Å². The SMILES string of the molecule is CC(C)(C)C(=O)c1cn(CCOc2ccc(Cl)cc2)c2ccccc12. The summed E-state index contributed by atoms with van der Waals surface area (Å²) in [5.74, 6) is 0.938. The van der Waals surface area contributed by atoms with Crippen LogP contribution in [0.2, 0.25) is 5.02 Å². The van der Waals surface area contributed by atoms with Gasteiger partial charge in [-0.1, -0.05) is 50.6 Å². The topological polar surface area (TPSA) is 31.2 Å². The fraction of sp³-hybridized carbons (Fsp3) is 0.286. The number of ether oxygens (including phenoxy) is 1. The first kappa shape index (κ1) is 17.6. The maximum atomic E-state index is 12.8. The lowest BCUT2D eigenvalue weighted by molar-refractivity contribution is 0.0860. The maximum Gasteiger partial charge on any atom is 0.170 e. The van der Waals surface area contributed by atoms with E-state index in [9.17, 15) is 4.79 Å². The van der Waals surface area contributed by atoms with Crippen molar-refractivity contribution in [3.63, 3.8) is 0 Å². The Bertz CT molecular complexity index is 888. The molecule has 25 heavy (non-hydrogen) atoms. The third-order valence-corrected chi connectivity index (χ3v) is 4.38. The number of halogens is 1. The molecule has 4 heteroatoms. The monoisotopic (exact) mass is 355 g/mol. The molecule has 130 valence electrons. The summed E-state index contributed by atoms with van der Waals surface area (Å²) < 4.78 is 7.87. The van der Waals surface area contributed by atoms with Crippen LogP contribution in [0.15, 0.2) is 54.7 Å². The molecule has 1 heterocycles. The molecular formula is C21H22ClNO2. The van der Waals surface area contributed by atoms with Crippen LogP contribution in [-0.4, -0.2) is 17.0 Å². The van der Waals surface area contributed by atoms with Gasteiger partial charge in [0.05, 0.1) is 6.54 Å². The summed E-state index contributed by atoms with van der Waals surface area (Å²) in [7, 11) is 0. The van der Waals surface area contributed by atoms with Gasteiger partial charge in [0.1, 0.15) is 12.4 Å². The zero-order valence-corrected chi connectivity index (χ0v) is 15.5. The summed E-state index contributed by atoms with van der Waals surface area (Å²) in [5.41, 5.74) is 1.42. The standard InChI is InChI=1S/C21H22ClNO2/c1-21(2,3)20(24)18-14-23(19-7-5-4-6-17(18)19)12-13-25-16-10-8-15(22)9-11-16/h4-11,14H,12-13H2,1-3H3. The highest BCUT2D eigenvalue weighted by Gasteiger charge is 2.26. The summed E-state index contributed by atoms with van der Waals surface area (Å²) in [5, 5.41) is 1.68. The number of rotatable bonds is 5. The number of Topliss-reactive ketones (excluding diaryl/α,β-unsaturated/α-hetero) is 1. The highest BCUT2D eigenvalue weighted by atomic mass is 35.5. The minimum Gasteiger partial charge on any atom is -0.492 e. The van der Waals surface area contributed by atoms with Crippen molar-refractivity contribution in [1.29, 1.82) is 0 Å². The molecule has 0 amide bonds. The Morgan fingerprint density at radius 1 is 1.08 bits per heavy atom. The highest BCUT2D eigenvalue weighted by molar-refractivity contribution is 6.30. The lowest BCUT2D eigenvalue weighted by atomic mass is 9.86. The van der Waals surface area contributed by atoms with Gasteiger partial charge in [-0.3, -0.25) is 4.79 Å². The number of hydrogen-bond donors (Lipinski definition) is 0. The van der Waals surface area contributed by atoms with Crippen molar-refractivity contribution in [3.05, 3.63) is 65.3 Å². The van der Waals surface area contributed by atoms with Crippen molar-refractivity contribution in [2.75, 3.05) is 6.61 Å². The highest BCUT2D eigenvalue weighted by Crippen LogP contribution is 2.28. The molecule has 0 saturated heterocycles. The summed E-state index contributed by atoms with van der Waals surface area (Å²) in [6, 6.07) is 15.3. The predicted molar refractivity (Wildman–Crippen MR) is 103 cm³/mol. The summed E-state index contributed by atoms with van der Waals surface area (Å²) in [6.07, 6.45) is 1.95. The van der Waals surface area contributed by atoms with E-state index >= 15 is 0 Å². The van der Waals surface area contributed by atoms with E-state index in [-0.39, 0.29) is 5.78 Å². The molecule has 0 bridgehead atoms. The Hall–Kier alpha value is -2.26. The Labute approximate surface area is 153 Å². The largest absolute Gasteiger partial charge is 0.492 e. The summed E-state index contributed by atoms with van der Waals surface area (Å²) in [4.78, 5) is 12.8. The molecule has 0 N–H and O–H groups in total. The molecule has 0 saturated carbocycles. The van der Waals surface area contributed by atoms with Crippen molar-refractivity contribution in [3.8, 4) is 5.75 Å². The molecule has 0 fully saturated rings. The fourth-order valence-corrected chi connectivity index (χ4v) is 2.94. The van der Waals surface area contributed by atoms with E-state index in [1.165, 1.54) is 0 Å². The molecule has 0 aliphatic rings. The second kappa shape index (κ2) is 6.93. The van der Waals surface area contributed by atoms with Crippen molar-refractivity contribution in [2.45, 2.75) is 27.3 Å². The second-order valence-electron chi connectivity index (χ2n) is 7.13. The van der Waals surface area contributed by atoms with Gasteiger partial charge in [-0.05, 0) is 30.3 Å². The quantitative estimate of drug-likeness (QED) is 0.557.